The second kappa shape index (κ2) is 6.73. The summed E-state index contributed by atoms with van der Waals surface area (Å²) in [4.78, 5) is 10.7. The number of carboxylic acids is 1. The van der Waals surface area contributed by atoms with Crippen LogP contribution in [-0.4, -0.2) is 51.0 Å². The first-order valence-electron chi connectivity index (χ1n) is 5.55. The first kappa shape index (κ1) is 17.2. The number of carbonyl (C=O) groups is 1. The average Bonchev–Trinajstić information content (AvgIpc) is 2.37. The molecule has 0 radical (unpaired) electrons. The van der Waals surface area contributed by atoms with Crippen molar-refractivity contribution in [3.05, 3.63) is 27.7 Å². The van der Waals surface area contributed by atoms with Crippen molar-refractivity contribution in [1.82, 2.24) is 9.62 Å². The highest BCUT2D eigenvalue weighted by Crippen LogP contribution is 2.31. The molecule has 0 aliphatic rings. The summed E-state index contributed by atoms with van der Waals surface area (Å²) in [6, 6.07) is 2.25. The molecule has 1 aromatic carbocycles. The zero-order valence-corrected chi connectivity index (χ0v) is 13.2. The lowest BCUT2D eigenvalue weighted by atomic mass is 10.2. The van der Waals surface area contributed by atoms with E-state index in [1.807, 2.05) is 0 Å². The molecule has 0 bridgehead atoms. The van der Waals surface area contributed by atoms with E-state index >= 15 is 0 Å². The van der Waals surface area contributed by atoms with Crippen molar-refractivity contribution in [2.45, 2.75) is 4.90 Å². The summed E-state index contributed by atoms with van der Waals surface area (Å²) in [5, 5.41) is 11.5. The van der Waals surface area contributed by atoms with Crippen molar-refractivity contribution in [1.29, 1.82) is 0 Å². The van der Waals surface area contributed by atoms with Gasteiger partial charge in [-0.3, -0.25) is 0 Å². The highest BCUT2D eigenvalue weighted by Gasteiger charge is 2.27. The zero-order chi connectivity index (χ0) is 15.5. The third-order valence-electron chi connectivity index (χ3n) is 2.60. The van der Waals surface area contributed by atoms with Crippen molar-refractivity contribution in [3.63, 3.8) is 0 Å². The van der Waals surface area contributed by atoms with Crippen molar-refractivity contribution >= 4 is 39.2 Å². The fraction of sp³-hybridized carbons (Fsp3) is 0.364. The van der Waals surface area contributed by atoms with Crippen LogP contribution in [0.5, 0.6) is 0 Å². The number of halogens is 2. The van der Waals surface area contributed by atoms with E-state index in [0.29, 0.717) is 6.54 Å². The molecule has 1 aromatic rings. The molecule has 0 aromatic heterocycles. The summed E-state index contributed by atoms with van der Waals surface area (Å²) in [6.45, 7) is 0.657. The maximum Gasteiger partial charge on any atom is 0.337 e. The van der Waals surface area contributed by atoms with Gasteiger partial charge in [0.05, 0.1) is 10.6 Å². The Morgan fingerprint density at radius 1 is 1.40 bits per heavy atom. The van der Waals surface area contributed by atoms with E-state index < -0.39 is 16.0 Å². The van der Waals surface area contributed by atoms with Gasteiger partial charge in [0.2, 0.25) is 10.0 Å². The highest BCUT2D eigenvalue weighted by atomic mass is 35.5. The third kappa shape index (κ3) is 3.62. The predicted octanol–water partition coefficient (Wildman–Crippen LogP) is 1.53. The second-order valence-electron chi connectivity index (χ2n) is 4.00. The summed E-state index contributed by atoms with van der Waals surface area (Å²) >= 11 is 11.6. The monoisotopic (exact) mass is 340 g/mol. The van der Waals surface area contributed by atoms with Gasteiger partial charge in [-0.25, -0.2) is 13.2 Å². The average molecular weight is 341 g/mol. The Morgan fingerprint density at radius 2 is 2.00 bits per heavy atom. The number of nitrogens with zero attached hydrogens (tertiary/aromatic N) is 1. The molecular formula is C11H14Cl2N2O4S. The lowest BCUT2D eigenvalue weighted by molar-refractivity contribution is 0.0697. The second-order valence-corrected chi connectivity index (χ2v) is 6.83. The van der Waals surface area contributed by atoms with E-state index in [2.05, 4.69) is 5.32 Å². The molecule has 0 atom stereocenters. The normalized spacial score (nSPS) is 11.8. The van der Waals surface area contributed by atoms with Crippen LogP contribution in [0.2, 0.25) is 10.0 Å². The van der Waals surface area contributed by atoms with Gasteiger partial charge >= 0.3 is 5.97 Å². The van der Waals surface area contributed by atoms with Gasteiger partial charge in [0, 0.05) is 25.2 Å². The Morgan fingerprint density at radius 3 is 2.50 bits per heavy atom. The topological polar surface area (TPSA) is 86.7 Å². The van der Waals surface area contributed by atoms with Crippen LogP contribution in [0.25, 0.3) is 0 Å². The first-order chi connectivity index (χ1) is 9.21. The Bertz CT molecular complexity index is 619. The molecule has 0 spiro atoms. The van der Waals surface area contributed by atoms with E-state index in [-0.39, 0.29) is 27.0 Å². The number of hydrogen-bond acceptors (Lipinski definition) is 4. The molecule has 2 N–H and O–H groups in total. The molecule has 0 heterocycles. The van der Waals surface area contributed by atoms with E-state index in [0.717, 1.165) is 16.4 Å². The Labute approximate surface area is 127 Å². The molecule has 0 amide bonds. The lowest BCUT2D eigenvalue weighted by Crippen LogP contribution is -2.33. The van der Waals surface area contributed by atoms with Gasteiger partial charge in [0.1, 0.15) is 4.90 Å². The minimum Gasteiger partial charge on any atom is -0.478 e. The molecule has 1 rings (SSSR count). The van der Waals surface area contributed by atoms with Gasteiger partial charge < -0.3 is 10.4 Å². The van der Waals surface area contributed by atoms with Crippen LogP contribution in [0.4, 0.5) is 0 Å². The minimum atomic E-state index is -3.91. The van der Waals surface area contributed by atoms with Crippen LogP contribution in [0, 0.1) is 0 Å². The van der Waals surface area contributed by atoms with Gasteiger partial charge in [-0.2, -0.15) is 4.31 Å². The predicted molar refractivity (Wildman–Crippen MR) is 77.2 cm³/mol. The summed E-state index contributed by atoms with van der Waals surface area (Å²) in [7, 11) is -0.838. The number of nitrogens with one attached hydrogen (secondary N) is 1. The molecule has 9 heteroatoms. The maximum atomic E-state index is 12.3. The molecule has 0 saturated heterocycles. The van der Waals surface area contributed by atoms with Crippen LogP contribution >= 0.6 is 23.2 Å². The summed E-state index contributed by atoms with van der Waals surface area (Å²) < 4.78 is 25.8. The van der Waals surface area contributed by atoms with Gasteiger partial charge in [0.25, 0.3) is 0 Å². The lowest BCUT2D eigenvalue weighted by Gasteiger charge is -2.18. The van der Waals surface area contributed by atoms with Crippen LogP contribution in [-0.2, 0) is 10.0 Å². The fourth-order valence-corrected chi connectivity index (χ4v) is 3.51. The van der Waals surface area contributed by atoms with Crippen molar-refractivity contribution in [2.24, 2.45) is 0 Å². The van der Waals surface area contributed by atoms with Crippen LogP contribution in [0.1, 0.15) is 10.4 Å². The first-order valence-corrected chi connectivity index (χ1v) is 7.74. The zero-order valence-electron chi connectivity index (χ0n) is 10.9. The fourth-order valence-electron chi connectivity index (χ4n) is 1.46. The van der Waals surface area contributed by atoms with Gasteiger partial charge in [0.15, 0.2) is 0 Å². The number of carboxylic acid groups (broad SMARTS) is 1. The number of sulfonamides is 1. The standard InChI is InChI=1S/C11H14Cl2N2O4S/c1-14-3-4-15(2)20(18,19)9-6-7(12)5-8(10(9)13)11(16)17/h5-6,14H,3-4H2,1-2H3,(H,16,17). The summed E-state index contributed by atoms with van der Waals surface area (Å²) in [6.07, 6.45) is 0. The number of likely N-dealkylation sites (N-methyl/N-ethyl adjacent to an activating group) is 2. The Hall–Kier alpha value is -0.860. The van der Waals surface area contributed by atoms with Gasteiger partial charge in [-0.15, -0.1) is 0 Å². The summed E-state index contributed by atoms with van der Waals surface area (Å²) in [5.74, 6) is -1.34. The molecule has 0 aliphatic carbocycles. The Kier molecular flexibility index (Phi) is 5.79. The Balaban J connectivity index is 3.35. The number of benzene rings is 1. The largest absolute Gasteiger partial charge is 0.478 e. The molecule has 0 saturated carbocycles. The molecule has 112 valence electrons. The van der Waals surface area contributed by atoms with Crippen LogP contribution in [0.15, 0.2) is 17.0 Å². The van der Waals surface area contributed by atoms with E-state index in [9.17, 15) is 13.2 Å². The molecule has 6 nitrogen and oxygen atoms in total. The summed E-state index contributed by atoms with van der Waals surface area (Å²) in [5.41, 5.74) is -0.347. The van der Waals surface area contributed by atoms with E-state index in [4.69, 9.17) is 28.3 Å². The molecule has 0 aliphatic heterocycles. The van der Waals surface area contributed by atoms with E-state index in [1.54, 1.807) is 7.05 Å². The molecule has 0 fully saturated rings. The minimum absolute atomic E-state index is 0.00704. The smallest absolute Gasteiger partial charge is 0.337 e. The molecular weight excluding hydrogens is 327 g/mol. The maximum absolute atomic E-state index is 12.3. The van der Waals surface area contributed by atoms with Crippen LogP contribution in [0.3, 0.4) is 0 Å². The SMILES string of the molecule is CNCCN(C)S(=O)(=O)c1cc(Cl)cc(C(=O)O)c1Cl. The number of rotatable bonds is 6. The van der Waals surface area contributed by atoms with Gasteiger partial charge in [-0.05, 0) is 19.2 Å². The molecule has 0 unspecified atom stereocenters. The van der Waals surface area contributed by atoms with E-state index in [1.165, 1.54) is 7.05 Å². The number of aromatic carboxylic acids is 1. The van der Waals surface area contributed by atoms with Crippen molar-refractivity contribution in [2.75, 3.05) is 27.2 Å². The van der Waals surface area contributed by atoms with Crippen molar-refractivity contribution < 1.29 is 18.3 Å². The molecule has 20 heavy (non-hydrogen) atoms. The van der Waals surface area contributed by atoms with Gasteiger partial charge in [-0.1, -0.05) is 23.2 Å². The van der Waals surface area contributed by atoms with Crippen LogP contribution < -0.4 is 5.32 Å². The quantitative estimate of drug-likeness (QED) is 0.820. The number of hydrogen-bond donors (Lipinski definition) is 2. The third-order valence-corrected chi connectivity index (χ3v) is 5.22. The highest BCUT2D eigenvalue weighted by molar-refractivity contribution is 7.89. The van der Waals surface area contributed by atoms with Crippen molar-refractivity contribution in [3.8, 4) is 0 Å².